The molecule has 1 aliphatic rings. The number of nitrogens with one attached hydrogen (secondary N) is 2. The number of anilines is 2. The van der Waals surface area contributed by atoms with E-state index in [9.17, 15) is 4.79 Å². The number of halogens is 2. The summed E-state index contributed by atoms with van der Waals surface area (Å²) in [5.41, 5.74) is -0.501. The van der Waals surface area contributed by atoms with Gasteiger partial charge in [-0.2, -0.15) is 0 Å². The maximum absolute atomic E-state index is 15.1. The molecule has 0 bridgehead atoms. The van der Waals surface area contributed by atoms with E-state index in [1.807, 2.05) is 6.92 Å². The minimum absolute atomic E-state index is 0.156. The maximum atomic E-state index is 15.1. The number of alkyl halides is 2. The number of nitrogens with zero attached hydrogens (tertiary/aromatic N) is 1. The van der Waals surface area contributed by atoms with Crippen LogP contribution >= 0.6 is 0 Å². The Morgan fingerprint density at radius 2 is 2.04 bits per heavy atom. The van der Waals surface area contributed by atoms with Crippen LogP contribution in [0.4, 0.5) is 25.8 Å². The third-order valence-corrected chi connectivity index (χ3v) is 4.93. The van der Waals surface area contributed by atoms with Gasteiger partial charge in [-0.05, 0) is 29.7 Å². The van der Waals surface area contributed by atoms with E-state index in [2.05, 4.69) is 15.1 Å². The van der Waals surface area contributed by atoms with Crippen LogP contribution in [0.15, 0.2) is 35.3 Å². The van der Waals surface area contributed by atoms with Gasteiger partial charge in [-0.3, -0.25) is 4.79 Å². The quantitative estimate of drug-likeness (QED) is 0.758. The average Bonchev–Trinajstić information content (AvgIpc) is 2.58. The Bertz CT molecular complexity index is 908. The lowest BCUT2D eigenvalue weighted by Gasteiger charge is -2.44. The van der Waals surface area contributed by atoms with Gasteiger partial charge in [-0.15, -0.1) is 0 Å². The van der Waals surface area contributed by atoms with E-state index in [1.165, 1.54) is 12.3 Å². The Hall–Kier alpha value is -2.68. The topological polar surface area (TPSA) is 49.2 Å². The molecule has 1 aromatic carbocycles. The van der Waals surface area contributed by atoms with Crippen LogP contribution in [0.1, 0.15) is 44.2 Å². The Labute approximate surface area is 144 Å². The molecule has 0 spiro atoms. The number of fused-ring (bicyclic) bond motifs is 2. The first-order valence-corrected chi connectivity index (χ1v) is 8.24. The van der Waals surface area contributed by atoms with Crippen molar-refractivity contribution < 1.29 is 8.78 Å². The van der Waals surface area contributed by atoms with Crippen LogP contribution in [-0.4, -0.2) is 10.9 Å². The van der Waals surface area contributed by atoms with Crippen molar-refractivity contribution in [2.45, 2.75) is 44.4 Å². The van der Waals surface area contributed by atoms with Gasteiger partial charge in [0.1, 0.15) is 5.69 Å². The van der Waals surface area contributed by atoms with E-state index in [-0.39, 0.29) is 17.7 Å². The molecule has 1 unspecified atom stereocenters. The number of aromatic amines is 1. The number of H-pyrrole nitrogens is 1. The third-order valence-electron chi connectivity index (χ3n) is 4.93. The molecule has 130 valence electrons. The third kappa shape index (κ3) is 2.51. The van der Waals surface area contributed by atoms with Crippen LogP contribution in [0, 0.1) is 6.57 Å². The van der Waals surface area contributed by atoms with Crippen molar-refractivity contribution in [3.05, 3.63) is 63.4 Å². The van der Waals surface area contributed by atoms with Crippen LogP contribution in [0.3, 0.4) is 0 Å². The average molecular weight is 343 g/mol. The fourth-order valence-electron chi connectivity index (χ4n) is 3.71. The van der Waals surface area contributed by atoms with Gasteiger partial charge in [0.25, 0.3) is 11.5 Å². The highest BCUT2D eigenvalue weighted by Crippen LogP contribution is 2.55. The first kappa shape index (κ1) is 17.2. The Morgan fingerprint density at radius 3 is 2.68 bits per heavy atom. The van der Waals surface area contributed by atoms with Crippen molar-refractivity contribution in [1.29, 1.82) is 0 Å². The zero-order valence-electron chi connectivity index (χ0n) is 14.1. The molecular weight excluding hydrogens is 324 g/mol. The molecule has 0 saturated carbocycles. The van der Waals surface area contributed by atoms with Gasteiger partial charge in [-0.25, -0.2) is 13.6 Å². The molecule has 1 aromatic heterocycles. The molecule has 1 atom stereocenters. The molecule has 6 heteroatoms. The standard InChI is InChI=1S/C19H19F2N3O/c1-4-5-9-19(18(2,20)21)13-8-10-23-17(25)16(13)24-15-7-6-12(22-3)11-14(15)19/h6-8,10-11,24H,4-5,9H2,1-2H3,(H,23,25). The SMILES string of the molecule is [C-]#[N+]c1ccc2c(c1)C(CCCC)(C(C)(F)F)c1cc[nH]c(=O)c1N2. The van der Waals surface area contributed by atoms with E-state index >= 15 is 8.78 Å². The summed E-state index contributed by atoms with van der Waals surface area (Å²) in [6, 6.07) is 6.24. The van der Waals surface area contributed by atoms with Gasteiger partial charge in [0.2, 0.25) is 0 Å². The first-order valence-electron chi connectivity index (χ1n) is 8.24. The zero-order valence-corrected chi connectivity index (χ0v) is 14.1. The predicted molar refractivity (Wildman–Crippen MR) is 94.0 cm³/mol. The van der Waals surface area contributed by atoms with Crippen molar-refractivity contribution in [2.24, 2.45) is 0 Å². The summed E-state index contributed by atoms with van der Waals surface area (Å²) in [5.74, 6) is -3.11. The van der Waals surface area contributed by atoms with Gasteiger partial charge < -0.3 is 10.3 Å². The highest BCUT2D eigenvalue weighted by molar-refractivity contribution is 5.78. The van der Waals surface area contributed by atoms with E-state index in [0.717, 1.165) is 13.3 Å². The number of rotatable bonds is 4. The van der Waals surface area contributed by atoms with Gasteiger partial charge in [0, 0.05) is 18.8 Å². The second kappa shape index (κ2) is 5.99. The summed E-state index contributed by atoms with van der Waals surface area (Å²) in [6.07, 6.45) is 2.93. The molecule has 0 aliphatic carbocycles. The van der Waals surface area contributed by atoms with Crippen molar-refractivity contribution in [3.63, 3.8) is 0 Å². The van der Waals surface area contributed by atoms with Crippen LogP contribution in [0.2, 0.25) is 0 Å². The number of benzene rings is 1. The summed E-state index contributed by atoms with van der Waals surface area (Å²) >= 11 is 0. The van der Waals surface area contributed by atoms with Crippen molar-refractivity contribution in [2.75, 3.05) is 5.32 Å². The molecule has 3 rings (SSSR count). The van der Waals surface area contributed by atoms with E-state index in [4.69, 9.17) is 6.57 Å². The Kier molecular flexibility index (Phi) is 4.11. The summed E-state index contributed by atoms with van der Waals surface area (Å²) in [5, 5.41) is 2.98. The fourth-order valence-corrected chi connectivity index (χ4v) is 3.71. The molecule has 1 aliphatic heterocycles. The van der Waals surface area contributed by atoms with Crippen molar-refractivity contribution in [1.82, 2.24) is 4.98 Å². The molecule has 0 fully saturated rings. The first-order chi connectivity index (χ1) is 11.8. The second-order valence-corrected chi connectivity index (χ2v) is 6.46. The lowest BCUT2D eigenvalue weighted by molar-refractivity contribution is -0.0488. The number of unbranched alkanes of at least 4 members (excludes halogenated alkanes) is 1. The minimum atomic E-state index is -3.11. The molecule has 0 saturated heterocycles. The molecule has 2 aromatic rings. The van der Waals surface area contributed by atoms with Gasteiger partial charge >= 0.3 is 0 Å². The second-order valence-electron chi connectivity index (χ2n) is 6.46. The van der Waals surface area contributed by atoms with Crippen LogP contribution in [0.5, 0.6) is 0 Å². The minimum Gasteiger partial charge on any atom is -0.351 e. The van der Waals surface area contributed by atoms with E-state index in [1.54, 1.807) is 18.2 Å². The summed E-state index contributed by atoms with van der Waals surface area (Å²) in [4.78, 5) is 18.2. The van der Waals surface area contributed by atoms with E-state index < -0.39 is 16.9 Å². The molecule has 4 nitrogen and oxygen atoms in total. The largest absolute Gasteiger partial charge is 0.351 e. The number of aromatic nitrogens is 1. The van der Waals surface area contributed by atoms with E-state index in [0.29, 0.717) is 23.4 Å². The molecule has 0 radical (unpaired) electrons. The lowest BCUT2D eigenvalue weighted by Crippen LogP contribution is -2.47. The number of hydrogen-bond acceptors (Lipinski definition) is 2. The van der Waals surface area contributed by atoms with Crippen LogP contribution in [0.25, 0.3) is 4.85 Å². The van der Waals surface area contributed by atoms with Gasteiger partial charge in [-0.1, -0.05) is 31.9 Å². The lowest BCUT2D eigenvalue weighted by atomic mass is 9.64. The van der Waals surface area contributed by atoms with Crippen molar-refractivity contribution >= 4 is 17.1 Å². The molecule has 2 N–H and O–H groups in total. The van der Waals surface area contributed by atoms with Crippen LogP contribution in [-0.2, 0) is 5.41 Å². The summed E-state index contributed by atoms with van der Waals surface area (Å²) in [7, 11) is 0. The number of pyridine rings is 1. The zero-order chi connectivity index (χ0) is 18.2. The predicted octanol–water partition coefficient (Wildman–Crippen LogP) is 5.11. The fraction of sp³-hybridized carbons (Fsp3) is 0.368. The summed E-state index contributed by atoms with van der Waals surface area (Å²) in [6.45, 7) is 10.1. The molecule has 2 heterocycles. The van der Waals surface area contributed by atoms with Gasteiger partial charge in [0.05, 0.1) is 12.0 Å². The van der Waals surface area contributed by atoms with Crippen molar-refractivity contribution in [3.8, 4) is 0 Å². The summed E-state index contributed by atoms with van der Waals surface area (Å²) < 4.78 is 30.2. The highest BCUT2D eigenvalue weighted by Gasteiger charge is 2.55. The molecule has 25 heavy (non-hydrogen) atoms. The Morgan fingerprint density at radius 1 is 1.28 bits per heavy atom. The van der Waals surface area contributed by atoms with Gasteiger partial charge in [0.15, 0.2) is 5.69 Å². The maximum Gasteiger partial charge on any atom is 0.271 e. The Balaban J connectivity index is 2.41. The smallest absolute Gasteiger partial charge is 0.271 e. The molecular formula is C19H19F2N3O. The number of hydrogen-bond donors (Lipinski definition) is 2. The molecule has 0 amide bonds. The highest BCUT2D eigenvalue weighted by atomic mass is 19.3. The van der Waals surface area contributed by atoms with Crippen LogP contribution < -0.4 is 10.9 Å². The normalized spacial score (nSPS) is 18.7. The monoisotopic (exact) mass is 343 g/mol.